The number of nitriles is 1. The fourth-order valence-electron chi connectivity index (χ4n) is 2.53. The fraction of sp³-hybridized carbons (Fsp3) is 0.389. The number of carbonyl (C=O) groups excluding carboxylic acids is 1. The molecule has 0 aliphatic rings. The number of amides is 1. The first-order chi connectivity index (χ1) is 10.9. The van der Waals surface area contributed by atoms with Crippen LogP contribution in [0.15, 0.2) is 30.5 Å². The fourth-order valence-corrected chi connectivity index (χ4v) is 2.53. The molecule has 1 heterocycles. The lowest BCUT2D eigenvalue weighted by atomic mass is 10.0. The molecule has 0 fully saturated rings. The molecule has 23 heavy (non-hydrogen) atoms. The Morgan fingerprint density at radius 2 is 2.04 bits per heavy atom. The van der Waals surface area contributed by atoms with Gasteiger partial charge in [0, 0.05) is 0 Å². The van der Waals surface area contributed by atoms with Gasteiger partial charge in [-0.05, 0) is 37.8 Å². The Bertz CT molecular complexity index is 740. The number of benzene rings is 1. The van der Waals surface area contributed by atoms with Crippen LogP contribution in [0.4, 0.5) is 0 Å². The third kappa shape index (κ3) is 3.78. The second-order valence-corrected chi connectivity index (χ2v) is 6.13. The molecule has 0 saturated carbocycles. The number of aromatic nitrogens is 2. The Balaban J connectivity index is 2.24. The molecule has 0 unspecified atom stereocenters. The van der Waals surface area contributed by atoms with Crippen molar-refractivity contribution in [1.29, 1.82) is 5.26 Å². The van der Waals surface area contributed by atoms with Crippen molar-refractivity contribution in [2.75, 3.05) is 0 Å². The van der Waals surface area contributed by atoms with Crippen LogP contribution in [0.2, 0.25) is 0 Å². The van der Waals surface area contributed by atoms with Crippen molar-refractivity contribution < 1.29 is 4.79 Å². The number of carbonyl (C=O) groups is 1. The number of aryl methyl sites for hydroxylation is 1. The molecule has 0 radical (unpaired) electrons. The van der Waals surface area contributed by atoms with E-state index in [0.29, 0.717) is 17.9 Å². The predicted molar refractivity (Wildman–Crippen MR) is 89.4 cm³/mol. The Labute approximate surface area is 136 Å². The maximum atomic E-state index is 12.4. The molecule has 0 aliphatic heterocycles. The molecule has 1 amide bonds. The van der Waals surface area contributed by atoms with Gasteiger partial charge in [0.15, 0.2) is 0 Å². The van der Waals surface area contributed by atoms with Gasteiger partial charge >= 0.3 is 0 Å². The van der Waals surface area contributed by atoms with Gasteiger partial charge in [-0.2, -0.15) is 10.4 Å². The van der Waals surface area contributed by atoms with Crippen LogP contribution in [0.5, 0.6) is 0 Å². The Kier molecular flexibility index (Phi) is 5.17. The highest BCUT2D eigenvalue weighted by atomic mass is 16.1. The summed E-state index contributed by atoms with van der Waals surface area (Å²) in [7, 11) is 0. The summed E-state index contributed by atoms with van der Waals surface area (Å²) in [5.41, 5.74) is 3.29. The Hall–Kier alpha value is -2.61. The standard InChI is InChI=1S/C18H22N4O/c1-12(2)9-15(10-19)21-18(23)16-11-20-22(14(16)4)17-8-6-5-7-13(17)3/h5-8,11-12,15H,9H2,1-4H3,(H,21,23)/t15-/m0/s1. The maximum Gasteiger partial charge on any atom is 0.255 e. The molecule has 1 N–H and O–H groups in total. The van der Waals surface area contributed by atoms with Crippen LogP contribution in [0.3, 0.4) is 0 Å². The molecular weight excluding hydrogens is 288 g/mol. The highest BCUT2D eigenvalue weighted by molar-refractivity contribution is 5.95. The number of rotatable bonds is 5. The molecule has 0 bridgehead atoms. The first kappa shape index (κ1) is 16.8. The molecule has 2 rings (SSSR count). The molecule has 120 valence electrons. The summed E-state index contributed by atoms with van der Waals surface area (Å²) in [4.78, 5) is 12.4. The largest absolute Gasteiger partial charge is 0.336 e. The average molecular weight is 310 g/mol. The number of hydrogen-bond acceptors (Lipinski definition) is 3. The monoisotopic (exact) mass is 310 g/mol. The summed E-state index contributed by atoms with van der Waals surface area (Å²) in [5.74, 6) is 0.0882. The van der Waals surface area contributed by atoms with E-state index >= 15 is 0 Å². The lowest BCUT2D eigenvalue weighted by molar-refractivity contribution is 0.0941. The van der Waals surface area contributed by atoms with E-state index in [2.05, 4.69) is 16.5 Å². The summed E-state index contributed by atoms with van der Waals surface area (Å²) in [5, 5.41) is 16.3. The van der Waals surface area contributed by atoms with Crippen molar-refractivity contribution >= 4 is 5.91 Å². The summed E-state index contributed by atoms with van der Waals surface area (Å²) in [6.07, 6.45) is 2.19. The summed E-state index contributed by atoms with van der Waals surface area (Å²) < 4.78 is 1.76. The van der Waals surface area contributed by atoms with Gasteiger partial charge in [-0.15, -0.1) is 0 Å². The van der Waals surface area contributed by atoms with Crippen LogP contribution in [-0.2, 0) is 0 Å². The lowest BCUT2D eigenvalue weighted by Gasteiger charge is -2.13. The number of nitrogens with zero attached hydrogens (tertiary/aromatic N) is 3. The van der Waals surface area contributed by atoms with Crippen molar-refractivity contribution in [3.63, 3.8) is 0 Å². The SMILES string of the molecule is Cc1ccccc1-n1ncc(C(=O)N[C@H](C#N)CC(C)C)c1C. The Morgan fingerprint density at radius 3 is 2.65 bits per heavy atom. The number of para-hydroxylation sites is 1. The van der Waals surface area contributed by atoms with Gasteiger partial charge in [0.05, 0.1) is 29.2 Å². The van der Waals surface area contributed by atoms with Crippen LogP contribution in [0.1, 0.15) is 41.9 Å². The average Bonchev–Trinajstić information content (AvgIpc) is 2.88. The van der Waals surface area contributed by atoms with Gasteiger partial charge in [-0.3, -0.25) is 4.79 Å². The van der Waals surface area contributed by atoms with Crippen molar-refractivity contribution in [3.05, 3.63) is 47.3 Å². The number of hydrogen-bond donors (Lipinski definition) is 1. The van der Waals surface area contributed by atoms with Gasteiger partial charge < -0.3 is 5.32 Å². The van der Waals surface area contributed by atoms with E-state index in [1.165, 1.54) is 0 Å². The molecule has 1 aromatic carbocycles. The van der Waals surface area contributed by atoms with Crippen LogP contribution >= 0.6 is 0 Å². The van der Waals surface area contributed by atoms with E-state index < -0.39 is 6.04 Å². The minimum Gasteiger partial charge on any atom is -0.336 e. The summed E-state index contributed by atoms with van der Waals surface area (Å²) in [6.45, 7) is 7.92. The molecule has 1 aromatic heterocycles. The highest BCUT2D eigenvalue weighted by Crippen LogP contribution is 2.17. The van der Waals surface area contributed by atoms with Crippen molar-refractivity contribution in [2.45, 2.75) is 40.2 Å². The molecule has 0 spiro atoms. The molecule has 5 heteroatoms. The normalized spacial score (nSPS) is 12.0. The van der Waals surface area contributed by atoms with Gasteiger partial charge in [-0.1, -0.05) is 32.0 Å². The van der Waals surface area contributed by atoms with Gasteiger partial charge in [0.1, 0.15) is 6.04 Å². The molecule has 2 aromatic rings. The zero-order valence-electron chi connectivity index (χ0n) is 14.0. The minimum atomic E-state index is -0.483. The second-order valence-electron chi connectivity index (χ2n) is 6.13. The highest BCUT2D eigenvalue weighted by Gasteiger charge is 2.19. The predicted octanol–water partition coefficient (Wildman–Crippen LogP) is 3.16. The van der Waals surface area contributed by atoms with Crippen LogP contribution in [-0.4, -0.2) is 21.7 Å². The van der Waals surface area contributed by atoms with Gasteiger partial charge in [-0.25, -0.2) is 4.68 Å². The minimum absolute atomic E-state index is 0.255. The summed E-state index contributed by atoms with van der Waals surface area (Å²) in [6, 6.07) is 9.54. The zero-order chi connectivity index (χ0) is 17.0. The first-order valence-electron chi connectivity index (χ1n) is 7.75. The molecule has 0 saturated heterocycles. The lowest BCUT2D eigenvalue weighted by Crippen LogP contribution is -2.34. The van der Waals surface area contributed by atoms with E-state index in [0.717, 1.165) is 16.9 Å². The zero-order valence-corrected chi connectivity index (χ0v) is 14.0. The number of nitrogens with one attached hydrogen (secondary N) is 1. The molecular formula is C18H22N4O. The van der Waals surface area contributed by atoms with Crippen LogP contribution in [0.25, 0.3) is 5.69 Å². The molecule has 5 nitrogen and oxygen atoms in total. The van der Waals surface area contributed by atoms with E-state index in [4.69, 9.17) is 0 Å². The van der Waals surface area contributed by atoms with E-state index in [9.17, 15) is 10.1 Å². The van der Waals surface area contributed by atoms with Crippen molar-refractivity contribution in [2.24, 2.45) is 5.92 Å². The maximum absolute atomic E-state index is 12.4. The van der Waals surface area contributed by atoms with E-state index in [1.807, 2.05) is 52.0 Å². The molecule has 0 aliphatic carbocycles. The van der Waals surface area contributed by atoms with Gasteiger partial charge in [0.2, 0.25) is 0 Å². The third-order valence-corrected chi connectivity index (χ3v) is 3.77. The Morgan fingerprint density at radius 1 is 1.35 bits per heavy atom. The summed E-state index contributed by atoms with van der Waals surface area (Å²) >= 11 is 0. The quantitative estimate of drug-likeness (QED) is 0.922. The van der Waals surface area contributed by atoms with Crippen molar-refractivity contribution in [1.82, 2.24) is 15.1 Å². The third-order valence-electron chi connectivity index (χ3n) is 3.77. The van der Waals surface area contributed by atoms with Gasteiger partial charge in [0.25, 0.3) is 5.91 Å². The topological polar surface area (TPSA) is 70.7 Å². The first-order valence-corrected chi connectivity index (χ1v) is 7.75. The smallest absolute Gasteiger partial charge is 0.255 e. The van der Waals surface area contributed by atoms with Crippen LogP contribution in [0, 0.1) is 31.1 Å². The van der Waals surface area contributed by atoms with Crippen LogP contribution < -0.4 is 5.32 Å². The molecule has 1 atom stereocenters. The van der Waals surface area contributed by atoms with Crippen molar-refractivity contribution in [3.8, 4) is 11.8 Å². The van der Waals surface area contributed by atoms with E-state index in [-0.39, 0.29) is 5.91 Å². The van der Waals surface area contributed by atoms with E-state index in [1.54, 1.807) is 10.9 Å². The second kappa shape index (κ2) is 7.10.